The lowest BCUT2D eigenvalue weighted by Gasteiger charge is -2.19. The van der Waals surface area contributed by atoms with Crippen LogP contribution in [0.3, 0.4) is 0 Å². The van der Waals surface area contributed by atoms with Gasteiger partial charge >= 0.3 is 5.97 Å². The van der Waals surface area contributed by atoms with Gasteiger partial charge in [-0.05, 0) is 25.5 Å². The van der Waals surface area contributed by atoms with Crippen LogP contribution in [0.15, 0.2) is 54.6 Å². The van der Waals surface area contributed by atoms with E-state index in [1.165, 1.54) is 13.8 Å². The largest absolute Gasteiger partial charge is 0.464 e. The molecular weight excluding hydrogens is 552 g/mol. The van der Waals surface area contributed by atoms with Crippen LogP contribution in [0.5, 0.6) is 0 Å². The lowest BCUT2D eigenvalue weighted by molar-refractivity contribution is -0.146. The van der Waals surface area contributed by atoms with Crippen molar-refractivity contribution in [3.63, 3.8) is 0 Å². The minimum atomic E-state index is -1.04. The van der Waals surface area contributed by atoms with Crippen LogP contribution in [-0.2, 0) is 28.7 Å². The third-order valence-corrected chi connectivity index (χ3v) is 7.56. The molecule has 1 aromatic carbocycles. The van der Waals surface area contributed by atoms with Gasteiger partial charge < -0.3 is 15.4 Å². The van der Waals surface area contributed by atoms with E-state index in [4.69, 9.17) is 4.74 Å². The summed E-state index contributed by atoms with van der Waals surface area (Å²) < 4.78 is 4.94. The van der Waals surface area contributed by atoms with Crippen LogP contribution in [0.4, 0.5) is 0 Å². The molecule has 0 bridgehead atoms. The van der Waals surface area contributed by atoms with Crippen LogP contribution in [0, 0.1) is 6.08 Å². The Hall–Kier alpha value is -3.53. The summed E-state index contributed by atoms with van der Waals surface area (Å²) in [5.41, 5.74) is 1.50. The molecule has 214 valence electrons. The first-order valence-electron chi connectivity index (χ1n) is 12.5. The van der Waals surface area contributed by atoms with Crippen molar-refractivity contribution in [3.8, 4) is 0 Å². The second kappa shape index (κ2) is 17.9. The first-order valence-corrected chi connectivity index (χ1v) is 14.5. The number of thioether (sulfide) groups is 2. The van der Waals surface area contributed by atoms with E-state index in [9.17, 15) is 28.8 Å². The van der Waals surface area contributed by atoms with Crippen LogP contribution >= 0.6 is 23.5 Å². The molecule has 3 atom stereocenters. The molecule has 9 nitrogen and oxygen atoms in total. The first kappa shape index (κ1) is 34.5. The smallest absolute Gasteiger partial charge is 0.329 e. The molecule has 0 fully saturated rings. The highest BCUT2D eigenvalue weighted by atomic mass is 32.2. The number of hydrogen-bond donors (Lipinski definition) is 2. The van der Waals surface area contributed by atoms with Gasteiger partial charge in [-0.25, -0.2) is 4.79 Å². The predicted molar refractivity (Wildman–Crippen MR) is 158 cm³/mol. The van der Waals surface area contributed by atoms with Crippen LogP contribution in [0.25, 0.3) is 0 Å². The normalized spacial score (nSPS) is 13.5. The summed E-state index contributed by atoms with van der Waals surface area (Å²) in [6, 6.07) is 4.71. The Morgan fingerprint density at radius 3 is 2.17 bits per heavy atom. The minimum absolute atomic E-state index is 0.0387. The molecule has 0 saturated heterocycles. The first-order chi connectivity index (χ1) is 18.9. The van der Waals surface area contributed by atoms with Gasteiger partial charge in [0.15, 0.2) is 11.2 Å². The third-order valence-electron chi connectivity index (χ3n) is 5.35. The van der Waals surface area contributed by atoms with Crippen molar-refractivity contribution in [2.75, 3.05) is 18.1 Å². The Balaban J connectivity index is 2.94. The number of carbonyl (C=O) groups is 6. The standard InChI is InChI=1S/C29H34N2O7S2/c1-7-10-12-21(8-2)26(34)23-14-11-13-22(15-23)18(4)28(36)39-17-25(31-20(6)33)29(37)40-16-24(30-19(5)32)27(35)38-9-3/h8,10-15,18,24-25H,1,9,16-17H2,2-6H3,(H-,30,31,32,33)/p+1/b12-10-,21-8+. The van der Waals surface area contributed by atoms with E-state index in [0.717, 1.165) is 23.5 Å². The van der Waals surface area contributed by atoms with E-state index in [0.29, 0.717) is 16.7 Å². The summed E-state index contributed by atoms with van der Waals surface area (Å²) in [6.45, 7) is 11.2. The van der Waals surface area contributed by atoms with Crippen LogP contribution < -0.4 is 10.6 Å². The molecule has 1 rings (SSSR count). The molecule has 0 spiro atoms. The summed E-state index contributed by atoms with van der Waals surface area (Å²) in [4.78, 5) is 74.1. The van der Waals surface area contributed by atoms with Gasteiger partial charge in [0, 0.05) is 37.5 Å². The molecule has 0 aliphatic carbocycles. The predicted octanol–water partition coefficient (Wildman–Crippen LogP) is 3.56. The molecule has 0 heterocycles. The van der Waals surface area contributed by atoms with E-state index in [1.807, 2.05) is 0 Å². The zero-order valence-electron chi connectivity index (χ0n) is 23.3. The number of esters is 1. The van der Waals surface area contributed by atoms with Gasteiger partial charge in [0.2, 0.25) is 22.7 Å². The van der Waals surface area contributed by atoms with Crippen molar-refractivity contribution in [1.29, 1.82) is 0 Å². The maximum Gasteiger partial charge on any atom is 0.329 e. The lowest BCUT2D eigenvalue weighted by atomic mass is 9.96. The molecule has 0 saturated carbocycles. The zero-order valence-corrected chi connectivity index (χ0v) is 24.9. The highest BCUT2D eigenvalue weighted by Crippen LogP contribution is 2.25. The summed E-state index contributed by atoms with van der Waals surface area (Å²) in [5, 5.41) is 4.26. The Morgan fingerprint density at radius 1 is 1.00 bits per heavy atom. The third kappa shape index (κ3) is 11.7. The fourth-order valence-corrected chi connectivity index (χ4v) is 5.28. The van der Waals surface area contributed by atoms with Crippen molar-refractivity contribution in [2.24, 2.45) is 0 Å². The highest BCUT2D eigenvalue weighted by Gasteiger charge is 2.28. The van der Waals surface area contributed by atoms with Crippen molar-refractivity contribution in [1.82, 2.24) is 10.6 Å². The minimum Gasteiger partial charge on any atom is -0.464 e. The van der Waals surface area contributed by atoms with Gasteiger partial charge in [0.05, 0.1) is 24.7 Å². The second-order valence-corrected chi connectivity index (χ2v) is 10.5. The summed E-state index contributed by atoms with van der Waals surface area (Å²) >= 11 is 1.63. The Bertz CT molecular complexity index is 1180. The summed E-state index contributed by atoms with van der Waals surface area (Å²) in [5.74, 6) is -2.54. The zero-order chi connectivity index (χ0) is 30.2. The average molecular weight is 588 g/mol. The number of carbonyl (C=O) groups excluding carboxylic acids is 6. The van der Waals surface area contributed by atoms with Crippen LogP contribution in [0.1, 0.15) is 56.5 Å². The molecule has 0 radical (unpaired) electrons. The van der Waals surface area contributed by atoms with Gasteiger partial charge in [-0.2, -0.15) is 0 Å². The molecule has 0 aliphatic heterocycles. The lowest BCUT2D eigenvalue weighted by Crippen LogP contribution is -2.44. The van der Waals surface area contributed by atoms with Gasteiger partial charge in [-0.3, -0.25) is 24.0 Å². The SMILES string of the molecule is C=[C+]/C=C\C(=C/C)C(=O)c1cccc(C(C)C(=O)SCC(NC(C)=O)C(=O)SCC(NC(C)=O)C(=O)OCC)c1. The number of ether oxygens (including phenoxy) is 1. The second-order valence-electron chi connectivity index (χ2n) is 8.48. The number of ketones is 1. The molecule has 11 heteroatoms. The fraction of sp³-hybridized carbons (Fsp3) is 0.379. The number of nitrogens with one attached hydrogen (secondary N) is 2. The molecule has 2 amide bonds. The summed E-state index contributed by atoms with van der Waals surface area (Å²) in [6.07, 6.45) is 7.42. The van der Waals surface area contributed by atoms with E-state index >= 15 is 0 Å². The maximum atomic E-state index is 13.0. The van der Waals surface area contributed by atoms with Gasteiger partial charge in [-0.1, -0.05) is 54.7 Å². The Labute approximate surface area is 243 Å². The highest BCUT2D eigenvalue weighted by molar-refractivity contribution is 8.15. The van der Waals surface area contributed by atoms with Gasteiger partial charge in [0.1, 0.15) is 17.7 Å². The molecule has 1 aromatic rings. The summed E-state index contributed by atoms with van der Waals surface area (Å²) in [7, 11) is 0. The average Bonchev–Trinajstić information content (AvgIpc) is 2.92. The molecule has 40 heavy (non-hydrogen) atoms. The molecule has 3 unspecified atom stereocenters. The van der Waals surface area contributed by atoms with Gasteiger partial charge in [-0.15, -0.1) is 0 Å². The topological polar surface area (TPSA) is 136 Å². The van der Waals surface area contributed by atoms with Crippen LogP contribution in [0.2, 0.25) is 0 Å². The Kier molecular flexibility index (Phi) is 15.5. The monoisotopic (exact) mass is 587 g/mol. The van der Waals surface area contributed by atoms with E-state index < -0.39 is 40.9 Å². The Morgan fingerprint density at radius 2 is 1.60 bits per heavy atom. The van der Waals surface area contributed by atoms with Crippen molar-refractivity contribution >= 4 is 57.3 Å². The van der Waals surface area contributed by atoms with E-state index in [2.05, 4.69) is 23.3 Å². The molecule has 0 aromatic heterocycles. The number of benzene rings is 1. The number of hydrogen-bond acceptors (Lipinski definition) is 9. The van der Waals surface area contributed by atoms with Crippen molar-refractivity contribution in [2.45, 2.75) is 52.6 Å². The van der Waals surface area contributed by atoms with E-state index in [1.54, 1.807) is 63.3 Å². The number of allylic oxidation sites excluding steroid dienone is 5. The quantitative estimate of drug-likeness (QED) is 0.104. The maximum absolute atomic E-state index is 13.0. The van der Waals surface area contributed by atoms with Crippen molar-refractivity contribution < 1.29 is 33.5 Å². The number of Topliss-reactive ketones (excluding diaryl/α,β-unsaturated/α-hetero) is 1. The van der Waals surface area contributed by atoms with Gasteiger partial charge in [0.25, 0.3) is 0 Å². The fourth-order valence-electron chi connectivity index (χ4n) is 3.33. The number of rotatable bonds is 15. The van der Waals surface area contributed by atoms with Crippen LogP contribution in [-0.4, -0.2) is 64.0 Å². The molecule has 0 aliphatic rings. The molecule has 2 N–H and O–H groups in total. The van der Waals surface area contributed by atoms with E-state index in [-0.39, 0.29) is 29.0 Å². The molecular formula is C29H35N2O7S2+. The van der Waals surface area contributed by atoms with Crippen molar-refractivity contribution in [3.05, 3.63) is 71.8 Å². The number of amides is 2.